The minimum atomic E-state index is -4.12. The third-order valence-corrected chi connectivity index (χ3v) is 4.37. The lowest BCUT2D eigenvalue weighted by atomic mass is 10.4. The molecule has 1 aromatic heterocycles. The first-order chi connectivity index (χ1) is 9.34. The Labute approximate surface area is 116 Å². The van der Waals surface area contributed by atoms with Crippen LogP contribution in [-0.4, -0.2) is 59.5 Å². The number of carbonyl (C=O) groups excluding carboxylic acids is 1. The molecule has 0 saturated heterocycles. The number of amides is 1. The first-order valence-electron chi connectivity index (χ1n) is 5.88. The lowest BCUT2D eigenvalue weighted by Gasteiger charge is -2.19. The van der Waals surface area contributed by atoms with Crippen LogP contribution in [0.15, 0.2) is 11.2 Å². The number of carbonyl (C=O) groups is 2. The number of nitrogens with zero attached hydrogens (tertiary/aromatic N) is 2. The minimum Gasteiger partial charge on any atom is -0.478 e. The average Bonchev–Trinajstić information content (AvgIpc) is 2.86. The van der Waals surface area contributed by atoms with Crippen molar-refractivity contribution in [2.24, 2.45) is 0 Å². The van der Waals surface area contributed by atoms with E-state index in [2.05, 4.69) is 15.5 Å². The number of aromatic nitrogens is 2. The second-order valence-corrected chi connectivity index (χ2v) is 5.68. The van der Waals surface area contributed by atoms with Crippen molar-refractivity contribution in [1.82, 2.24) is 19.8 Å². The maximum absolute atomic E-state index is 12.3. The second kappa shape index (κ2) is 6.48. The number of carboxylic acid groups (broad SMARTS) is 1. The molecule has 1 aromatic rings. The van der Waals surface area contributed by atoms with E-state index in [0.29, 0.717) is 6.54 Å². The molecule has 9 nitrogen and oxygen atoms in total. The summed E-state index contributed by atoms with van der Waals surface area (Å²) < 4.78 is 25.5. The van der Waals surface area contributed by atoms with Crippen LogP contribution in [0.4, 0.5) is 0 Å². The number of carboxylic acids is 1. The van der Waals surface area contributed by atoms with Crippen molar-refractivity contribution in [3.8, 4) is 0 Å². The Morgan fingerprint density at radius 3 is 2.60 bits per heavy atom. The summed E-state index contributed by atoms with van der Waals surface area (Å²) in [4.78, 5) is 22.4. The van der Waals surface area contributed by atoms with Gasteiger partial charge in [0.2, 0.25) is 5.91 Å². The van der Waals surface area contributed by atoms with Gasteiger partial charge >= 0.3 is 5.97 Å². The number of aromatic carboxylic acids is 1. The van der Waals surface area contributed by atoms with E-state index in [1.54, 1.807) is 13.8 Å². The van der Waals surface area contributed by atoms with Gasteiger partial charge in [0.25, 0.3) is 10.0 Å². The highest BCUT2D eigenvalue weighted by molar-refractivity contribution is 7.89. The highest BCUT2D eigenvalue weighted by atomic mass is 32.2. The van der Waals surface area contributed by atoms with Crippen LogP contribution in [0, 0.1) is 0 Å². The van der Waals surface area contributed by atoms with Gasteiger partial charge in [0.15, 0.2) is 5.03 Å². The Morgan fingerprint density at radius 2 is 2.10 bits per heavy atom. The molecule has 1 rings (SSSR count). The minimum absolute atomic E-state index is 0.0253. The number of rotatable bonds is 7. The molecule has 0 fully saturated rings. The number of nitrogens with one attached hydrogen (secondary N) is 2. The van der Waals surface area contributed by atoms with Crippen molar-refractivity contribution >= 4 is 21.9 Å². The van der Waals surface area contributed by atoms with E-state index < -0.39 is 32.5 Å². The molecule has 0 aliphatic carbocycles. The second-order valence-electron chi connectivity index (χ2n) is 3.80. The predicted molar refractivity (Wildman–Crippen MR) is 68.7 cm³/mol. The van der Waals surface area contributed by atoms with Crippen molar-refractivity contribution in [2.75, 3.05) is 19.6 Å². The van der Waals surface area contributed by atoms with E-state index in [1.165, 1.54) is 0 Å². The fourth-order valence-corrected chi connectivity index (χ4v) is 3.00. The van der Waals surface area contributed by atoms with Crippen LogP contribution in [0.25, 0.3) is 0 Å². The third-order valence-electron chi connectivity index (χ3n) is 2.48. The number of H-pyrrole nitrogens is 1. The Balaban J connectivity index is 3.09. The summed E-state index contributed by atoms with van der Waals surface area (Å²) >= 11 is 0. The van der Waals surface area contributed by atoms with E-state index >= 15 is 0 Å². The standard InChI is InChI=1S/C10H16N4O5S/c1-3-11-8(15)6-14(4-2)20(18,19)9-7(10(16)17)5-12-13-9/h5H,3-4,6H2,1-2H3,(H,11,15)(H,12,13)(H,16,17). The van der Waals surface area contributed by atoms with Crippen LogP contribution in [0.2, 0.25) is 0 Å². The van der Waals surface area contributed by atoms with Crippen molar-refractivity contribution in [3.63, 3.8) is 0 Å². The largest absolute Gasteiger partial charge is 0.478 e. The molecule has 0 aliphatic heterocycles. The number of hydrogen-bond acceptors (Lipinski definition) is 5. The van der Waals surface area contributed by atoms with Gasteiger partial charge < -0.3 is 10.4 Å². The molecular formula is C10H16N4O5S. The Morgan fingerprint density at radius 1 is 1.45 bits per heavy atom. The van der Waals surface area contributed by atoms with Gasteiger partial charge in [-0.25, -0.2) is 13.2 Å². The van der Waals surface area contributed by atoms with Crippen LogP contribution < -0.4 is 5.32 Å². The highest BCUT2D eigenvalue weighted by Gasteiger charge is 2.31. The number of likely N-dealkylation sites (N-methyl/N-ethyl adjacent to an activating group) is 2. The predicted octanol–water partition coefficient (Wildman–Crippen LogP) is -0.745. The summed E-state index contributed by atoms with van der Waals surface area (Å²) in [6, 6.07) is 0. The fraction of sp³-hybridized carbons (Fsp3) is 0.500. The van der Waals surface area contributed by atoms with E-state index in [4.69, 9.17) is 5.11 Å². The van der Waals surface area contributed by atoms with Crippen LogP contribution in [-0.2, 0) is 14.8 Å². The van der Waals surface area contributed by atoms with Gasteiger partial charge in [-0.05, 0) is 6.92 Å². The summed E-state index contributed by atoms with van der Waals surface area (Å²) in [5.41, 5.74) is -0.459. The van der Waals surface area contributed by atoms with Crippen molar-refractivity contribution < 1.29 is 23.1 Å². The molecule has 1 amide bonds. The van der Waals surface area contributed by atoms with Crippen LogP contribution in [0.1, 0.15) is 24.2 Å². The monoisotopic (exact) mass is 304 g/mol. The van der Waals surface area contributed by atoms with Crippen LogP contribution >= 0.6 is 0 Å². The van der Waals surface area contributed by atoms with Crippen LogP contribution in [0.3, 0.4) is 0 Å². The highest BCUT2D eigenvalue weighted by Crippen LogP contribution is 2.17. The third kappa shape index (κ3) is 3.33. The number of aromatic amines is 1. The zero-order chi connectivity index (χ0) is 15.3. The van der Waals surface area contributed by atoms with Gasteiger partial charge in [0.05, 0.1) is 12.7 Å². The van der Waals surface area contributed by atoms with Crippen molar-refractivity contribution in [1.29, 1.82) is 0 Å². The van der Waals surface area contributed by atoms with E-state index in [9.17, 15) is 18.0 Å². The van der Waals surface area contributed by atoms with Crippen LogP contribution in [0.5, 0.6) is 0 Å². The topological polar surface area (TPSA) is 132 Å². The Hall–Kier alpha value is -1.94. The summed E-state index contributed by atoms with van der Waals surface area (Å²) in [5, 5.41) is 16.4. The van der Waals surface area contributed by atoms with Gasteiger partial charge in [-0.1, -0.05) is 6.92 Å². The normalized spacial score (nSPS) is 11.6. The first-order valence-corrected chi connectivity index (χ1v) is 7.32. The Bertz CT molecular complexity index is 595. The molecule has 3 N–H and O–H groups in total. The maximum atomic E-state index is 12.3. The molecule has 0 bridgehead atoms. The molecule has 112 valence electrons. The van der Waals surface area contributed by atoms with Crippen molar-refractivity contribution in [2.45, 2.75) is 18.9 Å². The summed E-state index contributed by atoms with van der Waals surface area (Å²) in [6.07, 6.45) is 0.912. The van der Waals surface area contributed by atoms with E-state index in [0.717, 1.165) is 10.5 Å². The van der Waals surface area contributed by atoms with Gasteiger partial charge in [-0.3, -0.25) is 9.89 Å². The molecule has 20 heavy (non-hydrogen) atoms. The SMILES string of the molecule is CCNC(=O)CN(CC)S(=O)(=O)c1[nH]ncc1C(=O)O. The molecule has 0 spiro atoms. The van der Waals surface area contributed by atoms with Gasteiger partial charge in [0.1, 0.15) is 5.56 Å². The zero-order valence-electron chi connectivity index (χ0n) is 11.1. The molecule has 0 aromatic carbocycles. The average molecular weight is 304 g/mol. The lowest BCUT2D eigenvalue weighted by molar-refractivity contribution is -0.121. The molecular weight excluding hydrogens is 288 g/mol. The maximum Gasteiger partial charge on any atom is 0.340 e. The quantitative estimate of drug-likeness (QED) is 0.607. The molecule has 0 atom stereocenters. The summed E-state index contributed by atoms with van der Waals surface area (Å²) in [7, 11) is -4.12. The molecule has 0 saturated carbocycles. The lowest BCUT2D eigenvalue weighted by Crippen LogP contribution is -2.41. The molecule has 1 heterocycles. The fourth-order valence-electron chi connectivity index (χ4n) is 1.53. The van der Waals surface area contributed by atoms with Gasteiger partial charge in [-0.15, -0.1) is 0 Å². The summed E-state index contributed by atoms with van der Waals surface area (Å²) in [6.45, 7) is 3.27. The molecule has 10 heteroatoms. The molecule has 0 aliphatic rings. The Kier molecular flexibility index (Phi) is 5.22. The molecule has 0 unspecified atom stereocenters. The number of sulfonamides is 1. The smallest absolute Gasteiger partial charge is 0.340 e. The van der Waals surface area contributed by atoms with Gasteiger partial charge in [0, 0.05) is 13.1 Å². The van der Waals surface area contributed by atoms with E-state index in [1.807, 2.05) is 0 Å². The first kappa shape index (κ1) is 16.1. The zero-order valence-corrected chi connectivity index (χ0v) is 11.9. The molecule has 0 radical (unpaired) electrons. The number of hydrogen-bond donors (Lipinski definition) is 3. The summed E-state index contributed by atoms with van der Waals surface area (Å²) in [5.74, 6) is -1.87. The van der Waals surface area contributed by atoms with Crippen molar-refractivity contribution in [3.05, 3.63) is 11.8 Å². The van der Waals surface area contributed by atoms with E-state index in [-0.39, 0.29) is 13.1 Å². The van der Waals surface area contributed by atoms with Gasteiger partial charge in [-0.2, -0.15) is 9.40 Å².